The van der Waals surface area contributed by atoms with Crippen LogP contribution in [0.2, 0.25) is 0 Å². The molecule has 2 heterocycles. The number of nitrogens with one attached hydrogen (secondary N) is 1. The van der Waals surface area contributed by atoms with E-state index in [9.17, 15) is 0 Å². The predicted octanol–water partition coefficient (Wildman–Crippen LogP) is 2.76. The van der Waals surface area contributed by atoms with Crippen LogP contribution in [-0.2, 0) is 9.47 Å². The Morgan fingerprint density at radius 1 is 1.40 bits per heavy atom. The maximum absolute atomic E-state index is 5.66. The number of hydrogen-bond donors (Lipinski definition) is 1. The third kappa shape index (κ3) is 2.49. The van der Waals surface area contributed by atoms with E-state index >= 15 is 0 Å². The zero-order valence-corrected chi connectivity index (χ0v) is 12.0. The number of nitrogens with zero attached hydrogens (tertiary/aromatic N) is 1. The number of hydrogen-bond acceptors (Lipinski definition) is 4. The Morgan fingerprint density at radius 2 is 2.25 bits per heavy atom. The van der Waals surface area contributed by atoms with E-state index in [4.69, 9.17) is 9.47 Å². The molecule has 0 bridgehead atoms. The number of anilines is 1. The lowest BCUT2D eigenvalue weighted by Crippen LogP contribution is -2.39. The highest BCUT2D eigenvalue weighted by Crippen LogP contribution is 2.26. The topological polar surface area (TPSA) is 43.4 Å². The van der Waals surface area contributed by atoms with E-state index in [1.165, 1.54) is 0 Å². The Balaban J connectivity index is 1.87. The van der Waals surface area contributed by atoms with Gasteiger partial charge in [0.15, 0.2) is 0 Å². The maximum atomic E-state index is 5.66. The molecule has 0 saturated carbocycles. The second-order valence-corrected chi connectivity index (χ2v) is 5.37. The molecule has 0 aliphatic carbocycles. The van der Waals surface area contributed by atoms with Crippen molar-refractivity contribution in [1.29, 1.82) is 0 Å². The molecule has 1 aromatic carbocycles. The number of para-hydroxylation sites is 1. The maximum Gasteiger partial charge on any atom is 0.110 e. The van der Waals surface area contributed by atoms with E-state index in [0.29, 0.717) is 6.61 Å². The quantitative estimate of drug-likeness (QED) is 0.929. The Bertz CT molecular complexity index is 606. The van der Waals surface area contributed by atoms with Gasteiger partial charge in [0, 0.05) is 43.4 Å². The average Bonchev–Trinajstić information content (AvgIpc) is 2.94. The molecule has 3 rings (SSSR count). The molecule has 106 valence electrons. The predicted molar refractivity (Wildman–Crippen MR) is 80.1 cm³/mol. The molecule has 0 amide bonds. The summed E-state index contributed by atoms with van der Waals surface area (Å²) in [4.78, 5) is 4.56. The molecule has 0 radical (unpaired) electrons. The molecule has 4 nitrogen and oxygen atoms in total. The fraction of sp³-hybridized carbons (Fsp3) is 0.438. The summed E-state index contributed by atoms with van der Waals surface area (Å²) < 4.78 is 11.1. The van der Waals surface area contributed by atoms with Crippen molar-refractivity contribution in [3.8, 4) is 0 Å². The van der Waals surface area contributed by atoms with Crippen LogP contribution in [0, 0.1) is 6.92 Å². The summed E-state index contributed by atoms with van der Waals surface area (Å²) in [7, 11) is 1.76. The lowest BCUT2D eigenvalue weighted by atomic mass is 10.0. The number of aryl methyl sites for hydroxylation is 1. The molecule has 1 aromatic heterocycles. The molecule has 1 N–H and O–H groups in total. The van der Waals surface area contributed by atoms with Gasteiger partial charge in [-0.2, -0.15) is 0 Å². The molecule has 1 aliphatic heterocycles. The van der Waals surface area contributed by atoms with E-state index in [0.717, 1.165) is 41.9 Å². The number of benzene rings is 1. The highest BCUT2D eigenvalue weighted by Gasteiger charge is 2.34. The first-order chi connectivity index (χ1) is 9.72. The Labute approximate surface area is 119 Å². The molecule has 1 fully saturated rings. The number of rotatable bonds is 4. The zero-order chi connectivity index (χ0) is 14.0. The van der Waals surface area contributed by atoms with Gasteiger partial charge >= 0.3 is 0 Å². The van der Waals surface area contributed by atoms with Crippen molar-refractivity contribution in [2.45, 2.75) is 18.9 Å². The molecule has 4 heteroatoms. The van der Waals surface area contributed by atoms with Crippen molar-refractivity contribution in [2.75, 3.05) is 32.2 Å². The monoisotopic (exact) mass is 272 g/mol. The first-order valence-electron chi connectivity index (χ1n) is 6.96. The van der Waals surface area contributed by atoms with Crippen LogP contribution in [0.25, 0.3) is 10.9 Å². The molecule has 2 aromatic rings. The van der Waals surface area contributed by atoms with Crippen LogP contribution in [0.4, 0.5) is 5.69 Å². The van der Waals surface area contributed by atoms with E-state index in [1.54, 1.807) is 7.11 Å². The Hall–Kier alpha value is -1.65. The van der Waals surface area contributed by atoms with Crippen molar-refractivity contribution in [3.05, 3.63) is 36.0 Å². The van der Waals surface area contributed by atoms with Gasteiger partial charge in [0.2, 0.25) is 0 Å². The van der Waals surface area contributed by atoms with Crippen LogP contribution in [-0.4, -0.2) is 37.5 Å². The summed E-state index contributed by atoms with van der Waals surface area (Å²) in [5.41, 5.74) is 2.93. The smallest absolute Gasteiger partial charge is 0.110 e. The lowest BCUT2D eigenvalue weighted by molar-refractivity contribution is -0.00618. The van der Waals surface area contributed by atoms with Crippen molar-refractivity contribution in [3.63, 3.8) is 0 Å². The molecule has 1 saturated heterocycles. The molecular formula is C16H20N2O2. The first-order valence-corrected chi connectivity index (χ1v) is 6.96. The highest BCUT2D eigenvalue weighted by atomic mass is 16.5. The first kappa shape index (κ1) is 13.3. The summed E-state index contributed by atoms with van der Waals surface area (Å²) in [5.74, 6) is 0. The van der Waals surface area contributed by atoms with Crippen LogP contribution < -0.4 is 5.32 Å². The number of aromatic nitrogens is 1. The summed E-state index contributed by atoms with van der Waals surface area (Å²) in [6.07, 6.45) is 0.929. The fourth-order valence-corrected chi connectivity index (χ4v) is 2.67. The molecule has 1 unspecified atom stereocenters. The van der Waals surface area contributed by atoms with E-state index in [1.807, 2.05) is 25.1 Å². The summed E-state index contributed by atoms with van der Waals surface area (Å²) in [6.45, 7) is 4.18. The van der Waals surface area contributed by atoms with Crippen molar-refractivity contribution >= 4 is 16.6 Å². The average molecular weight is 272 g/mol. The van der Waals surface area contributed by atoms with Crippen molar-refractivity contribution in [2.24, 2.45) is 0 Å². The minimum atomic E-state index is -0.210. The second kappa shape index (κ2) is 5.38. The normalized spacial score (nSPS) is 22.3. The van der Waals surface area contributed by atoms with Gasteiger partial charge in [-0.15, -0.1) is 0 Å². The zero-order valence-electron chi connectivity index (χ0n) is 12.0. The highest BCUT2D eigenvalue weighted by molar-refractivity contribution is 5.91. The summed E-state index contributed by atoms with van der Waals surface area (Å²) >= 11 is 0. The number of pyridine rings is 1. The molecule has 0 spiro atoms. The minimum absolute atomic E-state index is 0.210. The van der Waals surface area contributed by atoms with E-state index < -0.39 is 0 Å². The van der Waals surface area contributed by atoms with Crippen LogP contribution in [0.3, 0.4) is 0 Å². The summed E-state index contributed by atoms with van der Waals surface area (Å²) in [5, 5.41) is 4.66. The summed E-state index contributed by atoms with van der Waals surface area (Å²) in [6, 6.07) is 10.3. The van der Waals surface area contributed by atoms with Gasteiger partial charge in [-0.25, -0.2) is 0 Å². The third-order valence-electron chi connectivity index (χ3n) is 3.95. The molecular weight excluding hydrogens is 252 g/mol. The minimum Gasteiger partial charge on any atom is -0.381 e. The van der Waals surface area contributed by atoms with E-state index in [2.05, 4.69) is 22.4 Å². The Morgan fingerprint density at radius 3 is 3.00 bits per heavy atom. The van der Waals surface area contributed by atoms with Crippen molar-refractivity contribution < 1.29 is 9.47 Å². The van der Waals surface area contributed by atoms with Crippen LogP contribution in [0.5, 0.6) is 0 Å². The van der Waals surface area contributed by atoms with Gasteiger partial charge in [0.05, 0.1) is 12.1 Å². The lowest BCUT2D eigenvalue weighted by Gasteiger charge is -2.26. The van der Waals surface area contributed by atoms with Crippen molar-refractivity contribution in [1.82, 2.24) is 4.98 Å². The molecule has 1 atom stereocenters. The Kier molecular flexibility index (Phi) is 3.59. The van der Waals surface area contributed by atoms with Crippen LogP contribution in [0.15, 0.2) is 30.3 Å². The molecule has 20 heavy (non-hydrogen) atoms. The largest absolute Gasteiger partial charge is 0.381 e. The van der Waals surface area contributed by atoms with Gasteiger partial charge in [-0.05, 0) is 19.1 Å². The SMILES string of the molecule is COC1(CNc2cc(C)nc3ccccc23)CCOC1. The third-order valence-corrected chi connectivity index (χ3v) is 3.95. The van der Waals surface area contributed by atoms with Gasteiger partial charge < -0.3 is 14.8 Å². The van der Waals surface area contributed by atoms with Gasteiger partial charge in [0.25, 0.3) is 0 Å². The van der Waals surface area contributed by atoms with Gasteiger partial charge in [0.1, 0.15) is 5.60 Å². The fourth-order valence-electron chi connectivity index (χ4n) is 2.67. The number of methoxy groups -OCH3 is 1. The van der Waals surface area contributed by atoms with Gasteiger partial charge in [-0.1, -0.05) is 18.2 Å². The van der Waals surface area contributed by atoms with E-state index in [-0.39, 0.29) is 5.60 Å². The standard InChI is InChI=1S/C16H20N2O2/c1-12-9-15(13-5-3-4-6-14(13)18-12)17-10-16(19-2)7-8-20-11-16/h3-6,9H,7-8,10-11H2,1-2H3,(H,17,18). The molecule has 1 aliphatic rings. The van der Waals surface area contributed by atoms with Crippen LogP contribution >= 0.6 is 0 Å². The van der Waals surface area contributed by atoms with Crippen LogP contribution in [0.1, 0.15) is 12.1 Å². The number of fused-ring (bicyclic) bond motifs is 1. The van der Waals surface area contributed by atoms with Gasteiger partial charge in [-0.3, -0.25) is 4.98 Å². The number of ether oxygens (including phenoxy) is 2. The second-order valence-electron chi connectivity index (χ2n) is 5.37.